The van der Waals surface area contributed by atoms with Crippen LogP contribution in [-0.4, -0.2) is 47.0 Å². The predicted molar refractivity (Wildman–Crippen MR) is 86.8 cm³/mol. The van der Waals surface area contributed by atoms with Crippen LogP contribution in [0.15, 0.2) is 24.3 Å². The zero-order chi connectivity index (χ0) is 14.9. The lowest BCUT2D eigenvalue weighted by molar-refractivity contribution is -0.131. The van der Waals surface area contributed by atoms with E-state index in [1.165, 1.54) is 25.7 Å². The van der Waals surface area contributed by atoms with Crippen molar-refractivity contribution in [1.29, 1.82) is 0 Å². The number of rotatable bonds is 3. The van der Waals surface area contributed by atoms with E-state index in [1.807, 2.05) is 24.3 Å². The Morgan fingerprint density at radius 3 is 2.77 bits per heavy atom. The molecule has 1 saturated heterocycles. The molecule has 0 radical (unpaired) electrons. The molecular weight excluding hydrogens is 276 g/mol. The Morgan fingerprint density at radius 2 is 2.00 bits per heavy atom. The highest BCUT2D eigenvalue weighted by Crippen LogP contribution is 2.26. The van der Waals surface area contributed by atoms with E-state index in [2.05, 4.69) is 19.8 Å². The number of carbonyl (C=O) groups is 1. The summed E-state index contributed by atoms with van der Waals surface area (Å²) in [5.74, 6) is 1.77. The molecule has 22 heavy (non-hydrogen) atoms. The summed E-state index contributed by atoms with van der Waals surface area (Å²) >= 11 is 0. The maximum Gasteiger partial charge on any atom is 0.242 e. The first kappa shape index (κ1) is 13.6. The minimum atomic E-state index is 0.235. The molecule has 2 heterocycles. The van der Waals surface area contributed by atoms with Gasteiger partial charge in [-0.2, -0.15) is 0 Å². The Balaban J connectivity index is 1.44. The number of benzene rings is 1. The largest absolute Gasteiger partial charge is 0.339 e. The van der Waals surface area contributed by atoms with Crippen LogP contribution in [0.25, 0.3) is 11.0 Å². The summed E-state index contributed by atoms with van der Waals surface area (Å²) in [5.41, 5.74) is 1.98. The molecule has 2 aromatic rings. The first-order valence-corrected chi connectivity index (χ1v) is 8.27. The van der Waals surface area contributed by atoms with Crippen LogP contribution in [0.4, 0.5) is 5.95 Å². The number of anilines is 1. The fourth-order valence-electron chi connectivity index (χ4n) is 3.68. The average molecular weight is 298 g/mol. The van der Waals surface area contributed by atoms with Crippen molar-refractivity contribution in [3.05, 3.63) is 24.3 Å². The molecule has 1 aliphatic heterocycles. The van der Waals surface area contributed by atoms with Gasteiger partial charge in [-0.1, -0.05) is 25.0 Å². The van der Waals surface area contributed by atoms with Crippen LogP contribution >= 0.6 is 0 Å². The lowest BCUT2D eigenvalue weighted by Crippen LogP contribution is -2.51. The average Bonchev–Trinajstić information content (AvgIpc) is 3.18. The molecule has 0 unspecified atom stereocenters. The molecule has 116 valence electrons. The Hall–Kier alpha value is -2.04. The van der Waals surface area contributed by atoms with Crippen LogP contribution in [0, 0.1) is 5.92 Å². The fourth-order valence-corrected chi connectivity index (χ4v) is 3.68. The van der Waals surface area contributed by atoms with Crippen molar-refractivity contribution in [2.45, 2.75) is 25.7 Å². The molecule has 1 N–H and O–H groups in total. The second kappa shape index (κ2) is 5.63. The zero-order valence-electron chi connectivity index (χ0n) is 12.8. The molecule has 0 spiro atoms. The van der Waals surface area contributed by atoms with E-state index < -0.39 is 0 Å². The molecule has 5 heteroatoms. The number of nitrogens with zero attached hydrogens (tertiary/aromatic N) is 3. The normalized spacial score (nSPS) is 20.3. The van der Waals surface area contributed by atoms with Gasteiger partial charge in [0.15, 0.2) is 0 Å². The molecule has 1 amide bonds. The van der Waals surface area contributed by atoms with Gasteiger partial charge in [-0.25, -0.2) is 4.98 Å². The number of fused-ring (bicyclic) bond motifs is 1. The van der Waals surface area contributed by atoms with Gasteiger partial charge in [0.1, 0.15) is 0 Å². The summed E-state index contributed by atoms with van der Waals surface area (Å²) in [6.45, 7) is 3.06. The Kier molecular flexibility index (Phi) is 3.48. The standard InChI is InChI=1S/C17H22N4O/c22-16-12-21(10-9-20(16)11-13-5-1-2-6-13)17-18-14-7-3-4-8-15(14)19-17/h3-4,7-8,13H,1-2,5-6,9-12H2,(H,18,19). The topological polar surface area (TPSA) is 52.2 Å². The van der Waals surface area contributed by atoms with Crippen molar-refractivity contribution in [2.24, 2.45) is 5.92 Å². The van der Waals surface area contributed by atoms with Gasteiger partial charge in [-0.3, -0.25) is 4.79 Å². The van der Waals surface area contributed by atoms with Gasteiger partial charge in [0.25, 0.3) is 0 Å². The van der Waals surface area contributed by atoms with Gasteiger partial charge >= 0.3 is 0 Å². The number of aromatic nitrogens is 2. The van der Waals surface area contributed by atoms with Gasteiger partial charge in [0.05, 0.1) is 17.6 Å². The Bertz CT molecular complexity index is 641. The van der Waals surface area contributed by atoms with E-state index >= 15 is 0 Å². The van der Waals surface area contributed by atoms with Crippen LogP contribution < -0.4 is 4.90 Å². The minimum Gasteiger partial charge on any atom is -0.339 e. The fraction of sp³-hybridized carbons (Fsp3) is 0.529. The van der Waals surface area contributed by atoms with Crippen molar-refractivity contribution in [3.8, 4) is 0 Å². The molecule has 0 bridgehead atoms. The lowest BCUT2D eigenvalue weighted by Gasteiger charge is -2.35. The highest BCUT2D eigenvalue weighted by atomic mass is 16.2. The molecule has 1 aliphatic carbocycles. The third kappa shape index (κ3) is 2.56. The van der Waals surface area contributed by atoms with Gasteiger partial charge in [-0.15, -0.1) is 0 Å². The number of para-hydroxylation sites is 2. The number of hydrogen-bond donors (Lipinski definition) is 1. The van der Waals surface area contributed by atoms with Gasteiger partial charge in [-0.05, 0) is 30.9 Å². The maximum atomic E-state index is 12.4. The molecule has 2 fully saturated rings. The van der Waals surface area contributed by atoms with E-state index in [-0.39, 0.29) is 5.91 Å². The molecule has 1 aromatic carbocycles. The van der Waals surface area contributed by atoms with E-state index in [0.29, 0.717) is 6.54 Å². The summed E-state index contributed by atoms with van der Waals surface area (Å²) in [7, 11) is 0. The predicted octanol–water partition coefficient (Wildman–Crippen LogP) is 2.40. The number of hydrogen-bond acceptors (Lipinski definition) is 3. The highest BCUT2D eigenvalue weighted by molar-refractivity contribution is 5.83. The minimum absolute atomic E-state index is 0.235. The highest BCUT2D eigenvalue weighted by Gasteiger charge is 2.28. The molecule has 2 aliphatic rings. The molecule has 4 rings (SSSR count). The summed E-state index contributed by atoms with van der Waals surface area (Å²) in [4.78, 5) is 24.5. The summed E-state index contributed by atoms with van der Waals surface area (Å²) in [6, 6.07) is 7.99. The maximum absolute atomic E-state index is 12.4. The van der Waals surface area contributed by atoms with Crippen molar-refractivity contribution in [3.63, 3.8) is 0 Å². The van der Waals surface area contributed by atoms with Crippen LogP contribution in [-0.2, 0) is 4.79 Å². The second-order valence-electron chi connectivity index (χ2n) is 6.49. The van der Waals surface area contributed by atoms with Crippen molar-refractivity contribution >= 4 is 22.9 Å². The smallest absolute Gasteiger partial charge is 0.242 e. The Morgan fingerprint density at radius 1 is 1.18 bits per heavy atom. The molecular formula is C17H22N4O. The number of amides is 1. The number of H-pyrrole nitrogens is 1. The molecule has 1 aromatic heterocycles. The van der Waals surface area contributed by atoms with Crippen LogP contribution in [0.3, 0.4) is 0 Å². The van der Waals surface area contributed by atoms with Crippen LogP contribution in [0.2, 0.25) is 0 Å². The van der Waals surface area contributed by atoms with Crippen molar-refractivity contribution in [1.82, 2.24) is 14.9 Å². The van der Waals surface area contributed by atoms with Gasteiger partial charge in [0.2, 0.25) is 11.9 Å². The zero-order valence-corrected chi connectivity index (χ0v) is 12.8. The third-order valence-electron chi connectivity index (χ3n) is 4.95. The van der Waals surface area contributed by atoms with Crippen LogP contribution in [0.1, 0.15) is 25.7 Å². The third-order valence-corrected chi connectivity index (χ3v) is 4.95. The number of imidazole rings is 1. The number of nitrogens with one attached hydrogen (secondary N) is 1. The molecule has 5 nitrogen and oxygen atoms in total. The first-order chi connectivity index (χ1) is 10.8. The summed E-state index contributed by atoms with van der Waals surface area (Å²) < 4.78 is 0. The molecule has 1 saturated carbocycles. The number of carbonyl (C=O) groups excluding carboxylic acids is 1. The summed E-state index contributed by atoms with van der Waals surface area (Å²) in [6.07, 6.45) is 5.24. The van der Waals surface area contributed by atoms with E-state index in [0.717, 1.165) is 42.5 Å². The number of piperazine rings is 1. The van der Waals surface area contributed by atoms with Gasteiger partial charge in [0, 0.05) is 19.6 Å². The summed E-state index contributed by atoms with van der Waals surface area (Å²) in [5, 5.41) is 0. The van der Waals surface area contributed by atoms with Crippen molar-refractivity contribution in [2.75, 3.05) is 31.1 Å². The lowest BCUT2D eigenvalue weighted by atomic mass is 10.1. The van der Waals surface area contributed by atoms with E-state index in [9.17, 15) is 4.79 Å². The monoisotopic (exact) mass is 298 g/mol. The van der Waals surface area contributed by atoms with Crippen molar-refractivity contribution < 1.29 is 4.79 Å². The second-order valence-corrected chi connectivity index (χ2v) is 6.49. The SMILES string of the molecule is O=C1CN(c2nc3ccccc3[nH]2)CCN1CC1CCCC1. The van der Waals surface area contributed by atoms with E-state index in [1.54, 1.807) is 0 Å². The van der Waals surface area contributed by atoms with Gasteiger partial charge < -0.3 is 14.8 Å². The first-order valence-electron chi connectivity index (χ1n) is 8.27. The quantitative estimate of drug-likeness (QED) is 0.946. The Labute approximate surface area is 130 Å². The molecule has 0 atom stereocenters. The number of aromatic amines is 1. The van der Waals surface area contributed by atoms with E-state index in [4.69, 9.17) is 0 Å². The van der Waals surface area contributed by atoms with Crippen LogP contribution in [0.5, 0.6) is 0 Å².